The van der Waals surface area contributed by atoms with Gasteiger partial charge in [0.2, 0.25) is 0 Å². The summed E-state index contributed by atoms with van der Waals surface area (Å²) in [5, 5.41) is 0. The first-order valence-corrected chi connectivity index (χ1v) is 5.02. The van der Waals surface area contributed by atoms with Crippen molar-refractivity contribution in [2.45, 2.75) is 39.5 Å². The second-order valence-corrected chi connectivity index (χ2v) is 3.77. The smallest absolute Gasteiger partial charge is 0.152 e. The summed E-state index contributed by atoms with van der Waals surface area (Å²) < 4.78 is 0. The van der Waals surface area contributed by atoms with Gasteiger partial charge in [0, 0.05) is 0 Å². The molecule has 0 aromatic rings. The molecule has 0 bridgehead atoms. The molecule has 14 heavy (non-hydrogen) atoms. The van der Waals surface area contributed by atoms with Gasteiger partial charge in [0.05, 0.1) is 0 Å². The summed E-state index contributed by atoms with van der Waals surface area (Å²) in [6.07, 6.45) is 7.42. The molecule has 2 nitrogen and oxygen atoms in total. The minimum absolute atomic E-state index is 0.0661. The Morgan fingerprint density at radius 1 is 0.929 bits per heavy atom. The van der Waals surface area contributed by atoms with E-state index in [9.17, 15) is 9.59 Å². The van der Waals surface area contributed by atoms with Crippen LogP contribution in [0, 0.1) is 0 Å². The Labute approximate surface area is 84.7 Å². The van der Waals surface area contributed by atoms with Crippen molar-refractivity contribution in [1.82, 2.24) is 0 Å². The van der Waals surface area contributed by atoms with Crippen LogP contribution in [0.3, 0.4) is 0 Å². The van der Waals surface area contributed by atoms with Crippen LogP contribution in [0.2, 0.25) is 0 Å². The lowest BCUT2D eigenvalue weighted by molar-refractivity contribution is -0.113. The van der Waals surface area contributed by atoms with Gasteiger partial charge >= 0.3 is 0 Å². The maximum absolute atomic E-state index is 11.0. The van der Waals surface area contributed by atoms with Gasteiger partial charge in [0.15, 0.2) is 11.6 Å². The molecule has 0 heterocycles. The van der Waals surface area contributed by atoms with Crippen molar-refractivity contribution in [3.63, 3.8) is 0 Å². The minimum Gasteiger partial charge on any atom is -0.295 e. The highest BCUT2D eigenvalue weighted by Gasteiger charge is 2.12. The van der Waals surface area contributed by atoms with Crippen LogP contribution in [0.5, 0.6) is 0 Å². The van der Waals surface area contributed by atoms with Gasteiger partial charge in [-0.05, 0) is 62.8 Å². The van der Waals surface area contributed by atoms with Crippen molar-refractivity contribution < 1.29 is 9.59 Å². The summed E-state index contributed by atoms with van der Waals surface area (Å²) in [5.74, 6) is 0.132. The molecule has 76 valence electrons. The van der Waals surface area contributed by atoms with Crippen LogP contribution in [-0.2, 0) is 9.59 Å². The normalized spacial score (nSPS) is 22.7. The van der Waals surface area contributed by atoms with E-state index in [0.717, 1.165) is 36.8 Å². The molecule has 0 saturated heterocycles. The number of rotatable bonds is 2. The van der Waals surface area contributed by atoms with Crippen LogP contribution in [0.4, 0.5) is 0 Å². The summed E-state index contributed by atoms with van der Waals surface area (Å²) in [6.45, 7) is 3.10. The van der Waals surface area contributed by atoms with E-state index >= 15 is 0 Å². The minimum atomic E-state index is 0.0661. The summed E-state index contributed by atoms with van der Waals surface area (Å²) in [7, 11) is 0. The molecule has 1 rings (SSSR count). The third-order valence-electron chi connectivity index (χ3n) is 2.31. The predicted octanol–water partition coefficient (Wildman–Crippen LogP) is 2.59. The number of hydrogen-bond acceptors (Lipinski definition) is 2. The quantitative estimate of drug-likeness (QED) is 0.630. The summed E-state index contributed by atoms with van der Waals surface area (Å²) >= 11 is 0. The van der Waals surface area contributed by atoms with E-state index in [4.69, 9.17) is 0 Å². The van der Waals surface area contributed by atoms with Gasteiger partial charge in [0.25, 0.3) is 0 Å². The zero-order valence-electron chi connectivity index (χ0n) is 8.80. The first kappa shape index (κ1) is 10.9. The van der Waals surface area contributed by atoms with E-state index in [1.807, 2.05) is 0 Å². The Balaban J connectivity index is 2.89. The Morgan fingerprint density at radius 2 is 1.29 bits per heavy atom. The monoisotopic (exact) mass is 192 g/mol. The molecule has 0 atom stereocenters. The highest BCUT2D eigenvalue weighted by Crippen LogP contribution is 2.28. The van der Waals surface area contributed by atoms with Crippen molar-refractivity contribution in [1.29, 1.82) is 0 Å². The average molecular weight is 192 g/mol. The number of carbonyl (C=O) groups excluding carboxylic acids is 2. The Bertz CT molecular complexity index is 276. The summed E-state index contributed by atoms with van der Waals surface area (Å²) in [6, 6.07) is 0. The topological polar surface area (TPSA) is 34.1 Å². The lowest BCUT2D eigenvalue weighted by atomic mass is 9.88. The molecule has 0 aromatic heterocycles. The molecule has 1 saturated carbocycles. The molecule has 0 amide bonds. The average Bonchev–Trinajstić information content (AvgIpc) is 2.06. The second-order valence-electron chi connectivity index (χ2n) is 3.77. The molecule has 0 aromatic carbocycles. The molecule has 0 unspecified atom stereocenters. The Kier molecular flexibility index (Phi) is 3.81. The Morgan fingerprint density at radius 3 is 1.57 bits per heavy atom. The van der Waals surface area contributed by atoms with E-state index in [0.29, 0.717) is 0 Å². The fourth-order valence-electron chi connectivity index (χ4n) is 1.77. The van der Waals surface area contributed by atoms with E-state index in [-0.39, 0.29) is 11.6 Å². The van der Waals surface area contributed by atoms with Gasteiger partial charge in [-0.25, -0.2) is 0 Å². The van der Waals surface area contributed by atoms with Crippen molar-refractivity contribution in [3.05, 3.63) is 23.3 Å². The van der Waals surface area contributed by atoms with Gasteiger partial charge in [-0.3, -0.25) is 9.59 Å². The number of allylic oxidation sites excluding steroid dienone is 4. The number of carbonyl (C=O) groups is 2. The van der Waals surface area contributed by atoms with Crippen molar-refractivity contribution in [2.75, 3.05) is 0 Å². The molecular weight excluding hydrogens is 176 g/mol. The van der Waals surface area contributed by atoms with E-state index in [1.54, 1.807) is 26.0 Å². The first-order valence-electron chi connectivity index (χ1n) is 5.02. The maximum Gasteiger partial charge on any atom is 0.152 e. The van der Waals surface area contributed by atoms with Gasteiger partial charge in [-0.15, -0.1) is 0 Å². The summed E-state index contributed by atoms with van der Waals surface area (Å²) in [5.41, 5.74) is 2.11. The molecule has 1 aliphatic rings. The third kappa shape index (κ3) is 3.29. The van der Waals surface area contributed by atoms with Crippen LogP contribution in [0.25, 0.3) is 0 Å². The highest BCUT2D eigenvalue weighted by atomic mass is 16.1. The predicted molar refractivity (Wildman–Crippen MR) is 56.0 cm³/mol. The second kappa shape index (κ2) is 4.89. The first-order chi connectivity index (χ1) is 6.59. The van der Waals surface area contributed by atoms with Crippen LogP contribution in [0.1, 0.15) is 39.5 Å². The maximum atomic E-state index is 11.0. The molecule has 0 spiro atoms. The van der Waals surface area contributed by atoms with Crippen LogP contribution in [-0.4, -0.2) is 11.6 Å². The largest absolute Gasteiger partial charge is 0.295 e. The molecular formula is C12H16O2. The molecule has 0 radical (unpaired) electrons. The fraction of sp³-hybridized carbons (Fsp3) is 0.500. The van der Waals surface area contributed by atoms with Gasteiger partial charge < -0.3 is 0 Å². The van der Waals surface area contributed by atoms with E-state index in [1.165, 1.54) is 0 Å². The fourth-order valence-corrected chi connectivity index (χ4v) is 1.77. The molecule has 1 fully saturated rings. The molecule has 2 heteroatoms. The Hall–Kier alpha value is -1.18. The van der Waals surface area contributed by atoms with Crippen LogP contribution < -0.4 is 0 Å². The molecule has 0 N–H and O–H groups in total. The highest BCUT2D eigenvalue weighted by molar-refractivity contribution is 5.91. The summed E-state index contributed by atoms with van der Waals surface area (Å²) in [4.78, 5) is 21.9. The van der Waals surface area contributed by atoms with E-state index < -0.39 is 0 Å². The zero-order chi connectivity index (χ0) is 10.6. The molecule has 0 aliphatic heterocycles. The van der Waals surface area contributed by atoms with E-state index in [2.05, 4.69) is 0 Å². The van der Waals surface area contributed by atoms with Crippen molar-refractivity contribution in [2.24, 2.45) is 0 Å². The van der Waals surface area contributed by atoms with Crippen LogP contribution in [0.15, 0.2) is 23.3 Å². The van der Waals surface area contributed by atoms with Crippen molar-refractivity contribution >= 4 is 11.6 Å². The van der Waals surface area contributed by atoms with Gasteiger partial charge in [-0.2, -0.15) is 0 Å². The SMILES string of the molecule is CC(=O)/C=C1/CCCC/C1=C\C(C)=O. The molecule has 1 aliphatic carbocycles. The van der Waals surface area contributed by atoms with Crippen LogP contribution >= 0.6 is 0 Å². The lowest BCUT2D eigenvalue weighted by Crippen LogP contribution is -2.02. The lowest BCUT2D eigenvalue weighted by Gasteiger charge is -2.17. The third-order valence-corrected chi connectivity index (χ3v) is 2.31. The standard InChI is InChI=1S/C12H16O2/c1-9(13)7-11-5-3-4-6-12(11)8-10(2)14/h7-8H,3-6H2,1-2H3/b11-7-,12-8+. The number of hydrogen-bond donors (Lipinski definition) is 0. The zero-order valence-corrected chi connectivity index (χ0v) is 8.80. The van der Waals surface area contributed by atoms with Gasteiger partial charge in [-0.1, -0.05) is 0 Å². The van der Waals surface area contributed by atoms with Gasteiger partial charge in [0.1, 0.15) is 0 Å². The number of ketones is 2. The van der Waals surface area contributed by atoms with Crippen molar-refractivity contribution in [3.8, 4) is 0 Å².